The molecule has 0 radical (unpaired) electrons. The summed E-state index contributed by atoms with van der Waals surface area (Å²) in [5.41, 5.74) is 5.95. The van der Waals surface area contributed by atoms with Crippen molar-refractivity contribution in [2.24, 2.45) is 5.73 Å². The van der Waals surface area contributed by atoms with Crippen molar-refractivity contribution >= 4 is 5.91 Å². The summed E-state index contributed by atoms with van der Waals surface area (Å²) < 4.78 is 0. The topological polar surface area (TPSA) is 49.6 Å². The fraction of sp³-hybridized carbons (Fsp3) is 0.929. The van der Waals surface area contributed by atoms with Gasteiger partial charge < -0.3 is 10.6 Å². The van der Waals surface area contributed by atoms with Gasteiger partial charge in [0.15, 0.2) is 0 Å². The zero-order valence-corrected chi connectivity index (χ0v) is 12.5. The van der Waals surface area contributed by atoms with Crippen LogP contribution in [0.5, 0.6) is 0 Å². The Labute approximate surface area is 111 Å². The Morgan fingerprint density at radius 3 is 2.33 bits per heavy atom. The van der Waals surface area contributed by atoms with E-state index in [1.807, 2.05) is 4.90 Å². The Hall–Kier alpha value is -0.610. The Kier molecular flexibility index (Phi) is 5.60. The standard InChI is InChI=1S/C14H29N3O/c1-10(2)17(11(3)4)14(18)9-16-7-6-13(15)8-12(16)5/h10-13H,6-9,15H2,1-5H3. The van der Waals surface area contributed by atoms with E-state index >= 15 is 0 Å². The first-order valence-electron chi connectivity index (χ1n) is 7.13. The Morgan fingerprint density at radius 2 is 1.89 bits per heavy atom. The van der Waals surface area contributed by atoms with E-state index in [0.717, 1.165) is 19.4 Å². The van der Waals surface area contributed by atoms with Gasteiger partial charge in [0.05, 0.1) is 6.54 Å². The molecule has 0 saturated carbocycles. The van der Waals surface area contributed by atoms with Gasteiger partial charge >= 0.3 is 0 Å². The first kappa shape index (κ1) is 15.4. The summed E-state index contributed by atoms with van der Waals surface area (Å²) in [6.07, 6.45) is 2.00. The quantitative estimate of drug-likeness (QED) is 0.827. The molecular formula is C14H29N3O. The van der Waals surface area contributed by atoms with Gasteiger partial charge in [-0.15, -0.1) is 0 Å². The molecule has 1 aliphatic heterocycles. The molecule has 0 bridgehead atoms. The molecule has 106 valence electrons. The third kappa shape index (κ3) is 3.95. The minimum atomic E-state index is 0.238. The van der Waals surface area contributed by atoms with E-state index in [9.17, 15) is 4.79 Å². The number of likely N-dealkylation sites (tertiary alicyclic amines) is 1. The van der Waals surface area contributed by atoms with Gasteiger partial charge in [-0.25, -0.2) is 0 Å². The van der Waals surface area contributed by atoms with Gasteiger partial charge in [-0.05, 0) is 47.5 Å². The van der Waals surface area contributed by atoms with Gasteiger partial charge in [0.25, 0.3) is 0 Å². The smallest absolute Gasteiger partial charge is 0.237 e. The van der Waals surface area contributed by atoms with Gasteiger partial charge in [0.2, 0.25) is 5.91 Å². The highest BCUT2D eigenvalue weighted by molar-refractivity contribution is 5.78. The molecule has 0 aliphatic carbocycles. The maximum atomic E-state index is 12.4. The van der Waals surface area contributed by atoms with Crippen molar-refractivity contribution < 1.29 is 4.79 Å². The van der Waals surface area contributed by atoms with Crippen LogP contribution in [0.3, 0.4) is 0 Å². The molecule has 0 spiro atoms. The van der Waals surface area contributed by atoms with Gasteiger partial charge in [-0.2, -0.15) is 0 Å². The molecule has 4 heteroatoms. The molecule has 1 rings (SSSR count). The minimum Gasteiger partial charge on any atom is -0.337 e. The highest BCUT2D eigenvalue weighted by atomic mass is 16.2. The Morgan fingerprint density at radius 1 is 1.33 bits per heavy atom. The SMILES string of the molecule is CC1CC(N)CCN1CC(=O)N(C(C)C)C(C)C. The highest BCUT2D eigenvalue weighted by Gasteiger charge is 2.28. The zero-order valence-electron chi connectivity index (χ0n) is 12.5. The predicted molar refractivity (Wildman–Crippen MR) is 75.4 cm³/mol. The molecule has 2 atom stereocenters. The van der Waals surface area contributed by atoms with Crippen LogP contribution in [0.1, 0.15) is 47.5 Å². The Bertz CT molecular complexity index is 270. The molecule has 18 heavy (non-hydrogen) atoms. The van der Waals surface area contributed by atoms with Crippen LogP contribution < -0.4 is 5.73 Å². The van der Waals surface area contributed by atoms with Gasteiger partial charge in [0.1, 0.15) is 0 Å². The number of piperidine rings is 1. The molecule has 4 nitrogen and oxygen atoms in total. The molecule has 1 heterocycles. The summed E-state index contributed by atoms with van der Waals surface area (Å²) in [5.74, 6) is 0.238. The van der Waals surface area contributed by atoms with E-state index in [-0.39, 0.29) is 18.0 Å². The lowest BCUT2D eigenvalue weighted by atomic mass is 9.99. The van der Waals surface area contributed by atoms with Crippen molar-refractivity contribution in [1.29, 1.82) is 0 Å². The van der Waals surface area contributed by atoms with Crippen molar-refractivity contribution in [1.82, 2.24) is 9.80 Å². The molecule has 1 amide bonds. The summed E-state index contributed by atoms with van der Waals surface area (Å²) >= 11 is 0. The Balaban J connectivity index is 2.58. The molecule has 0 aromatic heterocycles. The van der Waals surface area contributed by atoms with E-state index in [2.05, 4.69) is 39.5 Å². The van der Waals surface area contributed by atoms with E-state index in [1.54, 1.807) is 0 Å². The summed E-state index contributed by atoms with van der Waals surface area (Å²) in [6, 6.07) is 1.25. The third-order valence-electron chi connectivity index (χ3n) is 3.79. The summed E-state index contributed by atoms with van der Waals surface area (Å²) in [6.45, 7) is 11.9. The van der Waals surface area contributed by atoms with Crippen molar-refractivity contribution in [3.05, 3.63) is 0 Å². The summed E-state index contributed by atoms with van der Waals surface area (Å²) in [7, 11) is 0. The lowest BCUT2D eigenvalue weighted by Gasteiger charge is -2.38. The first-order chi connectivity index (χ1) is 8.32. The monoisotopic (exact) mass is 255 g/mol. The molecule has 1 aliphatic rings. The number of nitrogens with two attached hydrogens (primary N) is 1. The molecule has 0 aromatic carbocycles. The number of amides is 1. The molecule has 2 N–H and O–H groups in total. The van der Waals surface area contributed by atoms with Crippen LogP contribution in [0.4, 0.5) is 0 Å². The number of carbonyl (C=O) groups is 1. The second-order valence-corrected chi connectivity index (χ2v) is 6.09. The number of rotatable bonds is 4. The van der Waals surface area contributed by atoms with Crippen LogP contribution in [0.15, 0.2) is 0 Å². The third-order valence-corrected chi connectivity index (χ3v) is 3.79. The number of hydrogen-bond donors (Lipinski definition) is 1. The zero-order chi connectivity index (χ0) is 13.9. The summed E-state index contributed by atoms with van der Waals surface area (Å²) in [5, 5.41) is 0. The molecule has 1 fully saturated rings. The second-order valence-electron chi connectivity index (χ2n) is 6.09. The van der Waals surface area contributed by atoms with Crippen LogP contribution >= 0.6 is 0 Å². The second kappa shape index (κ2) is 6.53. The van der Waals surface area contributed by atoms with Gasteiger partial charge in [-0.3, -0.25) is 9.69 Å². The fourth-order valence-corrected chi connectivity index (χ4v) is 2.92. The van der Waals surface area contributed by atoms with E-state index in [4.69, 9.17) is 5.73 Å². The maximum absolute atomic E-state index is 12.4. The first-order valence-corrected chi connectivity index (χ1v) is 7.13. The fourth-order valence-electron chi connectivity index (χ4n) is 2.92. The molecule has 0 aromatic rings. The van der Waals surface area contributed by atoms with Crippen LogP contribution in [-0.2, 0) is 4.79 Å². The average molecular weight is 255 g/mol. The van der Waals surface area contributed by atoms with Crippen LogP contribution in [0.2, 0.25) is 0 Å². The van der Waals surface area contributed by atoms with Crippen LogP contribution in [-0.4, -0.2) is 53.0 Å². The number of nitrogens with zero attached hydrogens (tertiary/aromatic N) is 2. The largest absolute Gasteiger partial charge is 0.337 e. The highest BCUT2D eigenvalue weighted by Crippen LogP contribution is 2.16. The van der Waals surface area contributed by atoms with Crippen molar-refractivity contribution in [3.8, 4) is 0 Å². The minimum absolute atomic E-state index is 0.238. The van der Waals surface area contributed by atoms with Crippen LogP contribution in [0.25, 0.3) is 0 Å². The summed E-state index contributed by atoms with van der Waals surface area (Å²) in [4.78, 5) is 16.6. The van der Waals surface area contributed by atoms with E-state index in [1.165, 1.54) is 0 Å². The molecule has 2 unspecified atom stereocenters. The maximum Gasteiger partial charge on any atom is 0.237 e. The molecular weight excluding hydrogens is 226 g/mol. The normalized spacial score (nSPS) is 25.8. The number of hydrogen-bond acceptors (Lipinski definition) is 3. The van der Waals surface area contributed by atoms with Crippen LogP contribution in [0, 0.1) is 0 Å². The lowest BCUT2D eigenvalue weighted by molar-refractivity contribution is -0.136. The predicted octanol–water partition coefficient (Wildman–Crippen LogP) is 1.44. The van der Waals surface area contributed by atoms with Crippen molar-refractivity contribution in [3.63, 3.8) is 0 Å². The van der Waals surface area contributed by atoms with E-state index < -0.39 is 0 Å². The van der Waals surface area contributed by atoms with Gasteiger partial charge in [0, 0.05) is 30.7 Å². The van der Waals surface area contributed by atoms with Gasteiger partial charge in [-0.1, -0.05) is 0 Å². The molecule has 1 saturated heterocycles. The lowest BCUT2D eigenvalue weighted by Crippen LogP contribution is -2.52. The average Bonchev–Trinajstić information content (AvgIpc) is 2.21. The van der Waals surface area contributed by atoms with Crippen molar-refractivity contribution in [2.45, 2.75) is 71.6 Å². The number of carbonyl (C=O) groups excluding carboxylic acids is 1. The van der Waals surface area contributed by atoms with Crippen molar-refractivity contribution in [2.75, 3.05) is 13.1 Å². The van der Waals surface area contributed by atoms with E-state index in [0.29, 0.717) is 18.6 Å².